The third kappa shape index (κ3) is 3.90. The third-order valence-corrected chi connectivity index (χ3v) is 1.82. The first kappa shape index (κ1) is 11.4. The molecule has 0 unspecified atom stereocenters. The van der Waals surface area contributed by atoms with E-state index in [1.165, 1.54) is 12.3 Å². The minimum atomic E-state index is -0.462. The first-order valence-electron chi connectivity index (χ1n) is 4.58. The zero-order valence-electron chi connectivity index (χ0n) is 8.80. The molecule has 0 aromatic carbocycles. The normalized spacial score (nSPS) is 10.3. The Balaban J connectivity index is 2.46. The van der Waals surface area contributed by atoms with Gasteiger partial charge in [-0.15, -0.1) is 0 Å². The third-order valence-electron chi connectivity index (χ3n) is 1.82. The summed E-state index contributed by atoms with van der Waals surface area (Å²) in [5, 5.41) is 13.4. The number of nitrogens with zero attached hydrogens (tertiary/aromatic N) is 3. The van der Waals surface area contributed by atoms with Crippen LogP contribution in [-0.4, -0.2) is 42.0 Å². The number of pyridine rings is 1. The van der Waals surface area contributed by atoms with E-state index in [2.05, 4.69) is 10.3 Å². The van der Waals surface area contributed by atoms with Crippen LogP contribution in [0.4, 0.5) is 11.5 Å². The molecule has 1 aromatic heterocycles. The first-order valence-corrected chi connectivity index (χ1v) is 4.58. The number of aromatic nitrogens is 1. The second-order valence-corrected chi connectivity index (χ2v) is 3.39. The number of nitrogens with one attached hydrogen (secondary N) is 1. The van der Waals surface area contributed by atoms with Crippen molar-refractivity contribution in [2.24, 2.45) is 0 Å². The predicted molar refractivity (Wildman–Crippen MR) is 57.9 cm³/mol. The highest BCUT2D eigenvalue weighted by Gasteiger charge is 2.04. The number of nitro groups is 1. The van der Waals surface area contributed by atoms with Gasteiger partial charge >= 0.3 is 0 Å². The molecule has 0 amide bonds. The summed E-state index contributed by atoms with van der Waals surface area (Å²) in [6.07, 6.45) is 1.25. The highest BCUT2D eigenvalue weighted by atomic mass is 16.6. The summed E-state index contributed by atoms with van der Waals surface area (Å²) in [5.41, 5.74) is 0.00756. The van der Waals surface area contributed by atoms with Gasteiger partial charge < -0.3 is 10.2 Å². The monoisotopic (exact) mass is 210 g/mol. The van der Waals surface area contributed by atoms with E-state index in [0.29, 0.717) is 5.82 Å². The van der Waals surface area contributed by atoms with E-state index >= 15 is 0 Å². The average Bonchev–Trinajstić information content (AvgIpc) is 2.18. The molecule has 1 heterocycles. The molecule has 0 saturated heterocycles. The van der Waals surface area contributed by atoms with Crippen molar-refractivity contribution in [3.05, 3.63) is 28.4 Å². The van der Waals surface area contributed by atoms with Crippen LogP contribution in [0.25, 0.3) is 0 Å². The van der Waals surface area contributed by atoms with E-state index in [4.69, 9.17) is 0 Å². The van der Waals surface area contributed by atoms with Crippen LogP contribution in [0.1, 0.15) is 0 Å². The highest BCUT2D eigenvalue weighted by molar-refractivity contribution is 5.39. The lowest BCUT2D eigenvalue weighted by molar-refractivity contribution is -0.385. The molecule has 6 nitrogen and oxygen atoms in total. The molecule has 1 aromatic rings. The van der Waals surface area contributed by atoms with Crippen LogP contribution in [0.2, 0.25) is 0 Å². The highest BCUT2D eigenvalue weighted by Crippen LogP contribution is 2.11. The van der Waals surface area contributed by atoms with Gasteiger partial charge in [0.15, 0.2) is 0 Å². The maximum absolute atomic E-state index is 10.4. The molecule has 0 aliphatic heterocycles. The second-order valence-electron chi connectivity index (χ2n) is 3.39. The number of hydrogen-bond donors (Lipinski definition) is 1. The topological polar surface area (TPSA) is 71.3 Å². The molecule has 0 radical (unpaired) electrons. The number of likely N-dealkylation sites (N-methyl/N-ethyl adjacent to an activating group) is 1. The molecule has 82 valence electrons. The Kier molecular flexibility index (Phi) is 3.99. The van der Waals surface area contributed by atoms with Crippen LogP contribution in [0.15, 0.2) is 18.3 Å². The summed E-state index contributed by atoms with van der Waals surface area (Å²) in [5.74, 6) is 0.655. The standard InChI is InChI=1S/C9H14N4O2/c1-12(2)6-5-10-9-4-3-8(7-11-9)13(14)15/h3-4,7H,5-6H2,1-2H3,(H,10,11). The molecule has 0 aliphatic carbocycles. The van der Waals surface area contributed by atoms with Crippen LogP contribution in [0.3, 0.4) is 0 Å². The van der Waals surface area contributed by atoms with Crippen molar-refractivity contribution in [1.29, 1.82) is 0 Å². The van der Waals surface area contributed by atoms with E-state index in [0.717, 1.165) is 13.1 Å². The van der Waals surface area contributed by atoms with Gasteiger partial charge in [0.1, 0.15) is 12.0 Å². The summed E-state index contributed by atoms with van der Waals surface area (Å²) < 4.78 is 0. The summed E-state index contributed by atoms with van der Waals surface area (Å²) in [7, 11) is 3.95. The van der Waals surface area contributed by atoms with Crippen molar-refractivity contribution in [1.82, 2.24) is 9.88 Å². The molecular formula is C9H14N4O2. The molecule has 15 heavy (non-hydrogen) atoms. The number of hydrogen-bond acceptors (Lipinski definition) is 5. The van der Waals surface area contributed by atoms with Crippen LogP contribution < -0.4 is 5.32 Å². The number of rotatable bonds is 5. The largest absolute Gasteiger partial charge is 0.369 e. The maximum Gasteiger partial charge on any atom is 0.287 e. The molecule has 0 saturated carbocycles. The molecule has 0 spiro atoms. The zero-order valence-corrected chi connectivity index (χ0v) is 8.80. The first-order chi connectivity index (χ1) is 7.09. The maximum atomic E-state index is 10.4. The van der Waals surface area contributed by atoms with Crippen molar-refractivity contribution in [3.63, 3.8) is 0 Å². The molecule has 0 atom stereocenters. The van der Waals surface area contributed by atoms with E-state index < -0.39 is 4.92 Å². The van der Waals surface area contributed by atoms with Gasteiger partial charge in [0, 0.05) is 19.2 Å². The van der Waals surface area contributed by atoms with Gasteiger partial charge in [-0.05, 0) is 20.2 Å². The van der Waals surface area contributed by atoms with Gasteiger partial charge in [-0.3, -0.25) is 10.1 Å². The number of anilines is 1. The lowest BCUT2D eigenvalue weighted by Crippen LogP contribution is -2.21. The van der Waals surface area contributed by atoms with Crippen LogP contribution in [0, 0.1) is 10.1 Å². The van der Waals surface area contributed by atoms with E-state index in [9.17, 15) is 10.1 Å². The van der Waals surface area contributed by atoms with Gasteiger partial charge in [-0.1, -0.05) is 0 Å². The Morgan fingerprint density at radius 2 is 2.27 bits per heavy atom. The van der Waals surface area contributed by atoms with Crippen molar-refractivity contribution in [3.8, 4) is 0 Å². The smallest absolute Gasteiger partial charge is 0.287 e. The average molecular weight is 210 g/mol. The predicted octanol–water partition coefficient (Wildman–Crippen LogP) is 0.963. The molecule has 6 heteroatoms. The Morgan fingerprint density at radius 3 is 2.73 bits per heavy atom. The molecule has 0 fully saturated rings. The Bertz CT molecular complexity index is 323. The van der Waals surface area contributed by atoms with Gasteiger partial charge in [-0.2, -0.15) is 0 Å². The van der Waals surface area contributed by atoms with Crippen LogP contribution in [0.5, 0.6) is 0 Å². The van der Waals surface area contributed by atoms with E-state index in [1.807, 2.05) is 19.0 Å². The fourth-order valence-corrected chi connectivity index (χ4v) is 1.01. The van der Waals surface area contributed by atoms with Crippen LogP contribution in [-0.2, 0) is 0 Å². The van der Waals surface area contributed by atoms with Crippen molar-refractivity contribution in [2.45, 2.75) is 0 Å². The Hall–Kier alpha value is -1.69. The molecule has 1 N–H and O–H groups in total. The van der Waals surface area contributed by atoms with E-state index in [1.54, 1.807) is 6.07 Å². The van der Waals surface area contributed by atoms with Gasteiger partial charge in [0.05, 0.1) is 4.92 Å². The van der Waals surface area contributed by atoms with Crippen LogP contribution >= 0.6 is 0 Å². The quantitative estimate of drug-likeness (QED) is 0.579. The summed E-state index contributed by atoms with van der Waals surface area (Å²) >= 11 is 0. The Morgan fingerprint density at radius 1 is 1.53 bits per heavy atom. The van der Waals surface area contributed by atoms with Gasteiger partial charge in [-0.25, -0.2) is 4.98 Å². The molecule has 1 rings (SSSR count). The minimum Gasteiger partial charge on any atom is -0.369 e. The molecule has 0 aliphatic rings. The van der Waals surface area contributed by atoms with Crippen molar-refractivity contribution in [2.75, 3.05) is 32.5 Å². The summed E-state index contributed by atoms with van der Waals surface area (Å²) in [4.78, 5) is 15.9. The lowest BCUT2D eigenvalue weighted by Gasteiger charge is -2.10. The Labute approximate surface area is 88.1 Å². The summed E-state index contributed by atoms with van der Waals surface area (Å²) in [6.45, 7) is 1.65. The van der Waals surface area contributed by atoms with Crippen molar-refractivity contribution >= 4 is 11.5 Å². The molecular weight excluding hydrogens is 196 g/mol. The second kappa shape index (κ2) is 5.26. The molecule has 0 bridgehead atoms. The van der Waals surface area contributed by atoms with Gasteiger partial charge in [0.25, 0.3) is 5.69 Å². The minimum absolute atomic E-state index is 0.00756. The fourth-order valence-electron chi connectivity index (χ4n) is 1.01. The van der Waals surface area contributed by atoms with Gasteiger partial charge in [0.2, 0.25) is 0 Å². The van der Waals surface area contributed by atoms with Crippen molar-refractivity contribution < 1.29 is 4.92 Å². The lowest BCUT2D eigenvalue weighted by atomic mass is 10.4. The SMILES string of the molecule is CN(C)CCNc1ccc([N+](=O)[O-])cn1. The zero-order chi connectivity index (χ0) is 11.3. The fraction of sp³-hybridized carbons (Fsp3) is 0.444. The summed E-state index contributed by atoms with van der Waals surface area (Å²) in [6, 6.07) is 3.04. The van der Waals surface area contributed by atoms with E-state index in [-0.39, 0.29) is 5.69 Å².